The zero-order chi connectivity index (χ0) is 13.6. The first-order valence-electron chi connectivity index (χ1n) is 5.74. The molecule has 2 N–H and O–H groups in total. The largest absolute Gasteiger partial charge is 0.396 e. The maximum Gasteiger partial charge on any atom is 0.244 e. The number of rotatable bonds is 6. The summed E-state index contributed by atoms with van der Waals surface area (Å²) >= 11 is 4.96. The Morgan fingerprint density at radius 2 is 2.33 bits per heavy atom. The topological polar surface area (TPSA) is 49.3 Å². The van der Waals surface area contributed by atoms with Gasteiger partial charge in [-0.05, 0) is 50.9 Å². The molecule has 5 heteroatoms. The van der Waals surface area contributed by atoms with E-state index >= 15 is 0 Å². The van der Waals surface area contributed by atoms with Crippen molar-refractivity contribution in [3.8, 4) is 0 Å². The van der Waals surface area contributed by atoms with Crippen molar-refractivity contribution < 1.29 is 9.90 Å². The van der Waals surface area contributed by atoms with Gasteiger partial charge < -0.3 is 10.4 Å². The number of halogens is 1. The van der Waals surface area contributed by atoms with Gasteiger partial charge in [0.2, 0.25) is 5.91 Å². The van der Waals surface area contributed by atoms with Crippen LogP contribution in [0.2, 0.25) is 0 Å². The van der Waals surface area contributed by atoms with Crippen LogP contribution in [0.15, 0.2) is 21.3 Å². The standard InChI is InChI=1S/C13H18BrNO2S/c1-13(2,5-6-16)9-15-12(17)4-3-10-7-11(14)18-8-10/h3-4,7-8,16H,5-6,9H2,1-2H3,(H,15,17)/b4-3+. The molecule has 0 radical (unpaired) electrons. The van der Waals surface area contributed by atoms with E-state index in [1.165, 1.54) is 6.08 Å². The maximum atomic E-state index is 11.6. The van der Waals surface area contributed by atoms with Crippen LogP contribution in [0.25, 0.3) is 6.08 Å². The molecule has 1 amide bonds. The van der Waals surface area contributed by atoms with Crippen LogP contribution in [-0.2, 0) is 4.79 Å². The minimum atomic E-state index is -0.108. The Morgan fingerprint density at radius 3 is 2.89 bits per heavy atom. The minimum absolute atomic E-state index is 0.0797. The number of carbonyl (C=O) groups excluding carboxylic acids is 1. The van der Waals surface area contributed by atoms with Gasteiger partial charge in [-0.15, -0.1) is 11.3 Å². The zero-order valence-corrected chi connectivity index (χ0v) is 13.0. The van der Waals surface area contributed by atoms with E-state index in [0.29, 0.717) is 13.0 Å². The molecule has 0 saturated carbocycles. The number of thiophene rings is 1. The highest BCUT2D eigenvalue weighted by Gasteiger charge is 2.17. The third kappa shape index (κ3) is 5.80. The second-order valence-electron chi connectivity index (χ2n) is 4.87. The van der Waals surface area contributed by atoms with E-state index in [2.05, 4.69) is 21.2 Å². The van der Waals surface area contributed by atoms with Gasteiger partial charge in [-0.2, -0.15) is 0 Å². The smallest absolute Gasteiger partial charge is 0.244 e. The van der Waals surface area contributed by atoms with Crippen molar-refractivity contribution >= 4 is 39.2 Å². The van der Waals surface area contributed by atoms with Crippen LogP contribution in [0.5, 0.6) is 0 Å². The van der Waals surface area contributed by atoms with E-state index in [9.17, 15) is 4.79 Å². The van der Waals surface area contributed by atoms with Gasteiger partial charge in [0.1, 0.15) is 0 Å². The van der Waals surface area contributed by atoms with Crippen molar-refractivity contribution in [2.24, 2.45) is 5.41 Å². The lowest BCUT2D eigenvalue weighted by Gasteiger charge is -2.23. The van der Waals surface area contributed by atoms with Crippen molar-refractivity contribution in [3.05, 3.63) is 26.9 Å². The third-order valence-corrected chi connectivity index (χ3v) is 4.07. The van der Waals surface area contributed by atoms with Crippen molar-refractivity contribution in [2.45, 2.75) is 20.3 Å². The highest BCUT2D eigenvalue weighted by Crippen LogP contribution is 2.21. The molecule has 1 rings (SSSR count). The lowest BCUT2D eigenvalue weighted by Crippen LogP contribution is -2.33. The fourth-order valence-electron chi connectivity index (χ4n) is 1.36. The molecule has 1 heterocycles. The zero-order valence-electron chi connectivity index (χ0n) is 10.6. The van der Waals surface area contributed by atoms with E-state index in [4.69, 9.17) is 5.11 Å². The first-order chi connectivity index (χ1) is 8.43. The summed E-state index contributed by atoms with van der Waals surface area (Å²) in [6.07, 6.45) is 3.99. The average Bonchev–Trinajstić information content (AvgIpc) is 2.70. The number of carbonyl (C=O) groups is 1. The van der Waals surface area contributed by atoms with E-state index in [1.54, 1.807) is 17.4 Å². The second-order valence-corrected chi connectivity index (χ2v) is 7.16. The molecule has 18 heavy (non-hydrogen) atoms. The molecule has 3 nitrogen and oxygen atoms in total. The first kappa shape index (κ1) is 15.4. The maximum absolute atomic E-state index is 11.6. The quantitative estimate of drug-likeness (QED) is 0.787. The molecule has 1 aromatic heterocycles. The van der Waals surface area contributed by atoms with Crippen molar-refractivity contribution in [2.75, 3.05) is 13.2 Å². The number of hydrogen-bond acceptors (Lipinski definition) is 3. The van der Waals surface area contributed by atoms with Gasteiger partial charge in [-0.25, -0.2) is 0 Å². The van der Waals surface area contributed by atoms with Gasteiger partial charge in [0.25, 0.3) is 0 Å². The SMILES string of the molecule is CC(C)(CCO)CNC(=O)/C=C/c1csc(Br)c1. The number of aliphatic hydroxyl groups is 1. The summed E-state index contributed by atoms with van der Waals surface area (Å²) in [4.78, 5) is 11.6. The molecule has 0 aliphatic heterocycles. The Balaban J connectivity index is 2.40. The van der Waals surface area contributed by atoms with Gasteiger partial charge in [0.05, 0.1) is 3.79 Å². The molecule has 0 unspecified atom stereocenters. The van der Waals surface area contributed by atoms with Gasteiger partial charge in [0, 0.05) is 19.2 Å². The normalized spacial score (nSPS) is 12.0. The molecule has 0 bridgehead atoms. The highest BCUT2D eigenvalue weighted by molar-refractivity contribution is 9.11. The fourth-order valence-corrected chi connectivity index (χ4v) is 2.50. The van der Waals surface area contributed by atoms with Crippen LogP contribution in [-0.4, -0.2) is 24.2 Å². The summed E-state index contributed by atoms with van der Waals surface area (Å²) in [5.41, 5.74) is 0.931. The van der Waals surface area contributed by atoms with Crippen LogP contribution in [0.3, 0.4) is 0 Å². The van der Waals surface area contributed by atoms with Crippen molar-refractivity contribution in [1.82, 2.24) is 5.32 Å². The summed E-state index contributed by atoms with van der Waals surface area (Å²) in [7, 11) is 0. The lowest BCUT2D eigenvalue weighted by atomic mass is 9.90. The van der Waals surface area contributed by atoms with Crippen LogP contribution in [0.4, 0.5) is 0 Å². The Labute approximate surface area is 120 Å². The van der Waals surface area contributed by atoms with Crippen molar-refractivity contribution in [1.29, 1.82) is 0 Å². The molecule has 0 spiro atoms. The molecule has 0 atom stereocenters. The van der Waals surface area contributed by atoms with Gasteiger partial charge in [-0.1, -0.05) is 13.8 Å². The molecule has 0 aliphatic carbocycles. The van der Waals surface area contributed by atoms with E-state index in [-0.39, 0.29) is 17.9 Å². The number of hydrogen-bond donors (Lipinski definition) is 2. The molecule has 1 aromatic rings. The summed E-state index contributed by atoms with van der Waals surface area (Å²) < 4.78 is 1.05. The predicted octanol–water partition coefficient (Wildman–Crippen LogP) is 3.05. The summed E-state index contributed by atoms with van der Waals surface area (Å²) in [5.74, 6) is -0.108. The molecule has 0 aliphatic rings. The highest BCUT2D eigenvalue weighted by atomic mass is 79.9. The molecular formula is C13H18BrNO2S. The molecule has 0 fully saturated rings. The van der Waals surface area contributed by atoms with Gasteiger partial charge in [-0.3, -0.25) is 4.79 Å². The van der Waals surface area contributed by atoms with Crippen LogP contribution >= 0.6 is 27.3 Å². The molecule has 0 aromatic carbocycles. The molecule has 0 saturated heterocycles. The number of nitrogens with one attached hydrogen (secondary N) is 1. The molecule has 100 valence electrons. The van der Waals surface area contributed by atoms with Crippen LogP contribution < -0.4 is 5.32 Å². The second kappa shape index (κ2) is 7.07. The Hall–Kier alpha value is -0.650. The van der Waals surface area contributed by atoms with Gasteiger partial charge in [0.15, 0.2) is 0 Å². The number of amides is 1. The van der Waals surface area contributed by atoms with Gasteiger partial charge >= 0.3 is 0 Å². The van der Waals surface area contributed by atoms with E-state index < -0.39 is 0 Å². The van der Waals surface area contributed by atoms with Crippen LogP contribution in [0, 0.1) is 5.41 Å². The Morgan fingerprint density at radius 1 is 1.61 bits per heavy atom. The number of aliphatic hydroxyl groups excluding tert-OH is 1. The summed E-state index contributed by atoms with van der Waals surface area (Å²) in [5, 5.41) is 13.7. The molecular weight excluding hydrogens is 314 g/mol. The minimum Gasteiger partial charge on any atom is -0.396 e. The summed E-state index contributed by atoms with van der Waals surface area (Å²) in [6.45, 7) is 4.73. The van der Waals surface area contributed by atoms with E-state index in [0.717, 1.165) is 9.35 Å². The lowest BCUT2D eigenvalue weighted by molar-refractivity contribution is -0.116. The average molecular weight is 332 g/mol. The van der Waals surface area contributed by atoms with Crippen molar-refractivity contribution in [3.63, 3.8) is 0 Å². The fraction of sp³-hybridized carbons (Fsp3) is 0.462. The van der Waals surface area contributed by atoms with E-state index in [1.807, 2.05) is 25.3 Å². The predicted molar refractivity (Wildman–Crippen MR) is 79.5 cm³/mol. The summed E-state index contributed by atoms with van der Waals surface area (Å²) in [6, 6.07) is 1.96. The van der Waals surface area contributed by atoms with Crippen LogP contribution in [0.1, 0.15) is 25.8 Å². The first-order valence-corrected chi connectivity index (χ1v) is 7.41. The third-order valence-electron chi connectivity index (χ3n) is 2.54. The Bertz CT molecular complexity index is 426. The Kier molecular flexibility index (Phi) is 6.05. The monoisotopic (exact) mass is 331 g/mol.